The van der Waals surface area contributed by atoms with Crippen LogP contribution in [0.1, 0.15) is 60.8 Å². The third kappa shape index (κ3) is 5.74. The Balaban J connectivity index is 5.07. The first-order valence-corrected chi connectivity index (χ1v) is 6.27. The molecule has 0 aromatic heterocycles. The largest absolute Gasteiger partial charge is 0.390 e. The van der Waals surface area contributed by atoms with E-state index in [9.17, 15) is 19.8 Å². The van der Waals surface area contributed by atoms with Gasteiger partial charge < -0.3 is 10.2 Å². The van der Waals surface area contributed by atoms with Crippen molar-refractivity contribution in [1.82, 2.24) is 0 Å². The van der Waals surface area contributed by atoms with Crippen LogP contribution in [-0.4, -0.2) is 33.0 Å². The molecule has 0 spiro atoms. The number of carbonyl (C=O) groups is 2. The number of rotatable bonds is 6. The van der Waals surface area contributed by atoms with Crippen molar-refractivity contribution in [2.24, 2.45) is 5.41 Å². The summed E-state index contributed by atoms with van der Waals surface area (Å²) < 4.78 is 0. The number of aliphatic hydroxyl groups is 2. The van der Waals surface area contributed by atoms with E-state index in [-0.39, 0.29) is 30.8 Å². The second kappa shape index (κ2) is 5.49. The molecule has 18 heavy (non-hydrogen) atoms. The van der Waals surface area contributed by atoms with Crippen LogP contribution in [0.3, 0.4) is 0 Å². The van der Waals surface area contributed by atoms with E-state index in [2.05, 4.69) is 0 Å². The maximum atomic E-state index is 12.3. The fraction of sp³-hybridized carbons (Fsp3) is 0.857. The zero-order valence-corrected chi connectivity index (χ0v) is 12.3. The molecule has 0 heterocycles. The predicted octanol–water partition coefficient (Wildman–Crippen LogP) is 1.86. The molecule has 0 aromatic carbocycles. The summed E-state index contributed by atoms with van der Waals surface area (Å²) in [6.45, 7) is 9.72. The standard InChI is InChI=1S/C14H26O4/c1-10(15)9-14(18,8-7-13(5,6)17)11(16)12(2,3)4/h17-18H,7-9H2,1-6H3. The van der Waals surface area contributed by atoms with E-state index in [1.54, 1.807) is 34.6 Å². The lowest BCUT2D eigenvalue weighted by Gasteiger charge is -2.33. The van der Waals surface area contributed by atoms with Gasteiger partial charge in [-0.25, -0.2) is 0 Å². The normalized spacial score (nSPS) is 16.2. The number of hydrogen-bond donors (Lipinski definition) is 2. The molecule has 0 radical (unpaired) electrons. The predicted molar refractivity (Wildman–Crippen MR) is 70.2 cm³/mol. The fourth-order valence-electron chi connectivity index (χ4n) is 1.90. The lowest BCUT2D eigenvalue weighted by molar-refractivity contribution is -0.151. The average Bonchev–Trinajstić information content (AvgIpc) is 2.10. The number of Topliss-reactive ketones (excluding diaryl/α,β-unsaturated/α-hetero) is 2. The van der Waals surface area contributed by atoms with E-state index >= 15 is 0 Å². The van der Waals surface area contributed by atoms with E-state index in [0.717, 1.165) is 0 Å². The van der Waals surface area contributed by atoms with Crippen molar-refractivity contribution in [1.29, 1.82) is 0 Å². The van der Waals surface area contributed by atoms with Crippen molar-refractivity contribution in [3.8, 4) is 0 Å². The van der Waals surface area contributed by atoms with Gasteiger partial charge in [0.05, 0.1) is 5.60 Å². The van der Waals surface area contributed by atoms with Gasteiger partial charge in [-0.2, -0.15) is 0 Å². The molecule has 2 N–H and O–H groups in total. The minimum Gasteiger partial charge on any atom is -0.390 e. The first-order valence-electron chi connectivity index (χ1n) is 6.27. The average molecular weight is 258 g/mol. The van der Waals surface area contributed by atoms with E-state index in [1.165, 1.54) is 6.92 Å². The van der Waals surface area contributed by atoms with Crippen LogP contribution >= 0.6 is 0 Å². The zero-order valence-electron chi connectivity index (χ0n) is 12.3. The Labute approximate surface area is 109 Å². The summed E-state index contributed by atoms with van der Waals surface area (Å²) in [5.74, 6) is -0.583. The molecule has 0 amide bonds. The SMILES string of the molecule is CC(=O)CC(O)(CCC(C)(C)O)C(=O)C(C)(C)C. The summed E-state index contributed by atoms with van der Waals surface area (Å²) in [6, 6.07) is 0. The Hall–Kier alpha value is -0.740. The third-order valence-corrected chi connectivity index (χ3v) is 2.80. The number of ketones is 2. The first kappa shape index (κ1) is 17.3. The lowest BCUT2D eigenvalue weighted by Crippen LogP contribution is -2.47. The Kier molecular flexibility index (Phi) is 5.27. The highest BCUT2D eigenvalue weighted by molar-refractivity contribution is 5.95. The molecule has 0 saturated carbocycles. The summed E-state index contributed by atoms with van der Waals surface area (Å²) in [5, 5.41) is 20.2. The molecule has 0 rings (SSSR count). The van der Waals surface area contributed by atoms with Crippen molar-refractivity contribution in [2.45, 2.75) is 72.0 Å². The molecule has 0 bridgehead atoms. The Morgan fingerprint density at radius 2 is 1.39 bits per heavy atom. The molecule has 1 atom stereocenters. The molecule has 106 valence electrons. The minimum atomic E-state index is -1.68. The van der Waals surface area contributed by atoms with E-state index in [1.807, 2.05) is 0 Å². The van der Waals surface area contributed by atoms with E-state index in [0.29, 0.717) is 0 Å². The Morgan fingerprint density at radius 3 is 1.67 bits per heavy atom. The molecular formula is C14H26O4. The summed E-state index contributed by atoms with van der Waals surface area (Å²) in [4.78, 5) is 23.5. The second-order valence-electron chi connectivity index (χ2n) is 6.80. The van der Waals surface area contributed by atoms with Gasteiger partial charge in [0.25, 0.3) is 0 Å². The number of hydrogen-bond acceptors (Lipinski definition) is 4. The van der Waals surface area contributed by atoms with Crippen LogP contribution in [-0.2, 0) is 9.59 Å². The van der Waals surface area contributed by atoms with Crippen molar-refractivity contribution >= 4 is 11.6 Å². The highest BCUT2D eigenvalue weighted by Crippen LogP contribution is 2.31. The van der Waals surface area contributed by atoms with Crippen molar-refractivity contribution in [3.05, 3.63) is 0 Å². The van der Waals surface area contributed by atoms with Gasteiger partial charge in [0.15, 0.2) is 5.78 Å². The zero-order chi connectivity index (χ0) is 14.8. The molecule has 0 aliphatic rings. The molecule has 4 nitrogen and oxygen atoms in total. The highest BCUT2D eigenvalue weighted by Gasteiger charge is 2.43. The van der Waals surface area contributed by atoms with Gasteiger partial charge in [-0.1, -0.05) is 20.8 Å². The van der Waals surface area contributed by atoms with Crippen LogP contribution in [0.25, 0.3) is 0 Å². The van der Waals surface area contributed by atoms with Gasteiger partial charge in [0.2, 0.25) is 0 Å². The van der Waals surface area contributed by atoms with Crippen LogP contribution in [0, 0.1) is 5.41 Å². The molecule has 0 aromatic rings. The molecule has 0 aliphatic heterocycles. The van der Waals surface area contributed by atoms with E-state index in [4.69, 9.17) is 0 Å². The van der Waals surface area contributed by atoms with Gasteiger partial charge >= 0.3 is 0 Å². The Morgan fingerprint density at radius 1 is 0.944 bits per heavy atom. The molecular weight excluding hydrogens is 232 g/mol. The number of carbonyl (C=O) groups excluding carboxylic acids is 2. The van der Waals surface area contributed by atoms with Gasteiger partial charge in [0.1, 0.15) is 11.4 Å². The second-order valence-corrected chi connectivity index (χ2v) is 6.80. The molecule has 0 fully saturated rings. The van der Waals surface area contributed by atoms with Gasteiger partial charge in [-0.15, -0.1) is 0 Å². The van der Waals surface area contributed by atoms with Crippen molar-refractivity contribution in [3.63, 3.8) is 0 Å². The molecule has 4 heteroatoms. The summed E-state index contributed by atoms with van der Waals surface area (Å²) in [6.07, 6.45) is 0.157. The fourth-order valence-corrected chi connectivity index (χ4v) is 1.90. The highest BCUT2D eigenvalue weighted by atomic mass is 16.3. The molecule has 0 aliphatic carbocycles. The lowest BCUT2D eigenvalue weighted by atomic mass is 9.74. The van der Waals surface area contributed by atoms with Crippen molar-refractivity contribution in [2.75, 3.05) is 0 Å². The maximum Gasteiger partial charge on any atom is 0.170 e. The van der Waals surface area contributed by atoms with Gasteiger partial charge in [0, 0.05) is 11.8 Å². The monoisotopic (exact) mass is 258 g/mol. The summed E-state index contributed by atoms with van der Waals surface area (Å²) >= 11 is 0. The third-order valence-electron chi connectivity index (χ3n) is 2.80. The van der Waals surface area contributed by atoms with Crippen molar-refractivity contribution < 1.29 is 19.8 Å². The van der Waals surface area contributed by atoms with Crippen LogP contribution in [0.2, 0.25) is 0 Å². The van der Waals surface area contributed by atoms with Crippen LogP contribution in [0.15, 0.2) is 0 Å². The quantitative estimate of drug-likeness (QED) is 0.762. The Bertz CT molecular complexity index is 320. The topological polar surface area (TPSA) is 74.6 Å². The van der Waals surface area contributed by atoms with Crippen LogP contribution in [0.5, 0.6) is 0 Å². The van der Waals surface area contributed by atoms with Crippen LogP contribution in [0.4, 0.5) is 0 Å². The minimum absolute atomic E-state index is 0.0895. The van der Waals surface area contributed by atoms with Crippen LogP contribution < -0.4 is 0 Å². The maximum absolute atomic E-state index is 12.3. The smallest absolute Gasteiger partial charge is 0.170 e. The van der Waals surface area contributed by atoms with Gasteiger partial charge in [-0.05, 0) is 33.6 Å². The molecule has 1 unspecified atom stereocenters. The summed E-state index contributed by atoms with van der Waals surface area (Å²) in [5.41, 5.74) is -3.36. The van der Waals surface area contributed by atoms with E-state index < -0.39 is 16.6 Å². The summed E-state index contributed by atoms with van der Waals surface area (Å²) in [7, 11) is 0. The van der Waals surface area contributed by atoms with Gasteiger partial charge in [-0.3, -0.25) is 9.59 Å². The molecule has 0 saturated heterocycles. The first-order chi connectivity index (χ1) is 7.78.